The molecule has 0 aliphatic carbocycles. The quantitative estimate of drug-likeness (QED) is 0.564. The highest BCUT2D eigenvalue weighted by Crippen LogP contribution is 2.25. The Kier molecular flexibility index (Phi) is 4.28. The summed E-state index contributed by atoms with van der Waals surface area (Å²) in [6.07, 6.45) is 2.51. The van der Waals surface area contributed by atoms with Crippen LogP contribution < -0.4 is 10.3 Å². The van der Waals surface area contributed by atoms with Crippen molar-refractivity contribution in [1.82, 2.24) is 19.9 Å². The number of fused-ring (bicyclic) bond motifs is 2. The Morgan fingerprint density at radius 1 is 1.31 bits per heavy atom. The molecule has 7 nitrogen and oxygen atoms in total. The summed E-state index contributed by atoms with van der Waals surface area (Å²) < 4.78 is 7.08. The largest absolute Gasteiger partial charge is 0.488 e. The van der Waals surface area contributed by atoms with E-state index in [-0.39, 0.29) is 17.6 Å². The number of carbonyl (C=O) groups is 1. The number of nitrogens with zero attached hydrogens (tertiary/aromatic N) is 3. The molecule has 0 radical (unpaired) electrons. The standard InChI is InChI=1S/C21H18N4O3S/c1-12(26)25-6-4-15(11-25)28-14-2-3-17-16(9-14)21(27)24-20(23-17)18-8-13-5-7-29-19(13)10-22-18/h2-3,5,7-10,15H,4,6,11H2,1H3,(H,23,24,27). The van der Waals surface area contributed by atoms with Crippen molar-refractivity contribution in [3.8, 4) is 17.3 Å². The highest BCUT2D eigenvalue weighted by molar-refractivity contribution is 7.17. The van der Waals surface area contributed by atoms with Crippen molar-refractivity contribution in [3.63, 3.8) is 0 Å². The molecule has 1 unspecified atom stereocenters. The number of aromatic nitrogens is 3. The van der Waals surface area contributed by atoms with E-state index in [0.717, 1.165) is 16.5 Å². The third-order valence-electron chi connectivity index (χ3n) is 5.15. The van der Waals surface area contributed by atoms with E-state index in [0.29, 0.717) is 41.3 Å². The van der Waals surface area contributed by atoms with E-state index in [1.165, 1.54) is 0 Å². The van der Waals surface area contributed by atoms with Crippen LogP contribution in [0.4, 0.5) is 0 Å². The molecule has 4 heterocycles. The molecule has 1 N–H and O–H groups in total. The molecule has 1 saturated heterocycles. The molecule has 3 aromatic heterocycles. The monoisotopic (exact) mass is 406 g/mol. The fraction of sp³-hybridized carbons (Fsp3) is 0.238. The number of likely N-dealkylation sites (tertiary alicyclic amines) is 1. The van der Waals surface area contributed by atoms with E-state index in [1.807, 2.05) is 23.6 Å². The van der Waals surface area contributed by atoms with Gasteiger partial charge in [-0.15, -0.1) is 11.3 Å². The Balaban J connectivity index is 1.45. The molecule has 1 aliphatic rings. The molecule has 1 aliphatic heterocycles. The number of H-pyrrole nitrogens is 1. The number of thiophene rings is 1. The van der Waals surface area contributed by atoms with Crippen LogP contribution in [0.15, 0.2) is 46.7 Å². The van der Waals surface area contributed by atoms with E-state index in [1.54, 1.807) is 41.5 Å². The van der Waals surface area contributed by atoms with E-state index in [4.69, 9.17) is 4.74 Å². The van der Waals surface area contributed by atoms with E-state index in [9.17, 15) is 9.59 Å². The lowest BCUT2D eigenvalue weighted by Crippen LogP contribution is -2.28. The van der Waals surface area contributed by atoms with Crippen molar-refractivity contribution in [2.75, 3.05) is 13.1 Å². The number of carbonyl (C=O) groups excluding carboxylic acids is 1. The van der Waals surface area contributed by atoms with E-state index >= 15 is 0 Å². The number of aromatic amines is 1. The molecule has 5 rings (SSSR count). The third-order valence-corrected chi connectivity index (χ3v) is 6.02. The summed E-state index contributed by atoms with van der Waals surface area (Å²) in [6.45, 7) is 2.82. The number of rotatable bonds is 3. The molecule has 0 saturated carbocycles. The Labute approximate surface area is 170 Å². The van der Waals surface area contributed by atoms with Gasteiger partial charge in [-0.3, -0.25) is 14.6 Å². The van der Waals surface area contributed by atoms with Gasteiger partial charge < -0.3 is 14.6 Å². The fourth-order valence-electron chi connectivity index (χ4n) is 3.61. The summed E-state index contributed by atoms with van der Waals surface area (Å²) in [4.78, 5) is 37.8. The van der Waals surface area contributed by atoms with Gasteiger partial charge >= 0.3 is 0 Å². The molecule has 0 bridgehead atoms. The minimum absolute atomic E-state index is 0.0528. The molecule has 0 spiro atoms. The van der Waals surface area contributed by atoms with Crippen molar-refractivity contribution in [2.24, 2.45) is 0 Å². The molecular weight excluding hydrogens is 388 g/mol. The van der Waals surface area contributed by atoms with Gasteiger partial charge in [-0.1, -0.05) is 0 Å². The van der Waals surface area contributed by atoms with Gasteiger partial charge in [0, 0.05) is 26.1 Å². The number of pyridine rings is 1. The van der Waals surface area contributed by atoms with Crippen LogP contribution in [-0.4, -0.2) is 45.0 Å². The van der Waals surface area contributed by atoms with Gasteiger partial charge in [0.2, 0.25) is 5.91 Å². The van der Waals surface area contributed by atoms with Crippen LogP contribution in [0.5, 0.6) is 5.75 Å². The second-order valence-corrected chi connectivity index (χ2v) is 8.06. The van der Waals surface area contributed by atoms with Crippen LogP contribution in [0.2, 0.25) is 0 Å². The minimum atomic E-state index is -0.237. The van der Waals surface area contributed by atoms with Crippen molar-refractivity contribution < 1.29 is 9.53 Å². The number of benzene rings is 1. The van der Waals surface area contributed by atoms with E-state index < -0.39 is 0 Å². The smallest absolute Gasteiger partial charge is 0.259 e. The Morgan fingerprint density at radius 3 is 3.03 bits per heavy atom. The minimum Gasteiger partial charge on any atom is -0.488 e. The first-order valence-electron chi connectivity index (χ1n) is 9.37. The Morgan fingerprint density at radius 2 is 2.21 bits per heavy atom. The first-order valence-corrected chi connectivity index (χ1v) is 10.2. The highest BCUT2D eigenvalue weighted by Gasteiger charge is 2.25. The third kappa shape index (κ3) is 3.36. The average molecular weight is 406 g/mol. The average Bonchev–Trinajstić information content (AvgIpc) is 3.37. The summed E-state index contributed by atoms with van der Waals surface area (Å²) in [7, 11) is 0. The van der Waals surface area contributed by atoms with Crippen LogP contribution >= 0.6 is 11.3 Å². The highest BCUT2D eigenvalue weighted by atomic mass is 32.1. The number of ether oxygens (including phenoxy) is 1. The zero-order chi connectivity index (χ0) is 20.0. The van der Waals surface area contributed by atoms with Crippen LogP contribution in [-0.2, 0) is 4.79 Å². The van der Waals surface area contributed by atoms with Crippen molar-refractivity contribution >= 4 is 38.2 Å². The maximum Gasteiger partial charge on any atom is 0.259 e. The predicted octanol–water partition coefficient (Wildman–Crippen LogP) is 3.20. The SMILES string of the molecule is CC(=O)N1CCC(Oc2ccc3nc(-c4cc5ccsc5cn4)[nH]c(=O)c3c2)C1. The second-order valence-electron chi connectivity index (χ2n) is 7.12. The topological polar surface area (TPSA) is 88.2 Å². The lowest BCUT2D eigenvalue weighted by Gasteiger charge is -2.15. The van der Waals surface area contributed by atoms with Crippen molar-refractivity contribution in [3.05, 3.63) is 52.3 Å². The lowest BCUT2D eigenvalue weighted by atomic mass is 10.2. The van der Waals surface area contributed by atoms with Gasteiger partial charge in [0.25, 0.3) is 5.56 Å². The normalized spacial score (nSPS) is 16.6. The van der Waals surface area contributed by atoms with Gasteiger partial charge in [0.05, 0.1) is 22.1 Å². The molecular formula is C21H18N4O3S. The van der Waals surface area contributed by atoms with Crippen LogP contribution in [0, 0.1) is 0 Å². The zero-order valence-electron chi connectivity index (χ0n) is 15.7. The molecule has 1 aromatic carbocycles. The summed E-state index contributed by atoms with van der Waals surface area (Å²) in [5, 5.41) is 3.54. The molecule has 4 aromatic rings. The maximum absolute atomic E-state index is 12.7. The number of nitrogens with one attached hydrogen (secondary N) is 1. The molecule has 8 heteroatoms. The molecule has 146 valence electrons. The molecule has 1 atom stereocenters. The van der Waals surface area contributed by atoms with Gasteiger partial charge in [-0.05, 0) is 41.1 Å². The van der Waals surface area contributed by atoms with Crippen LogP contribution in [0.25, 0.3) is 32.5 Å². The second kappa shape index (κ2) is 6.97. The summed E-state index contributed by atoms with van der Waals surface area (Å²) in [5.41, 5.74) is 0.977. The molecule has 29 heavy (non-hydrogen) atoms. The van der Waals surface area contributed by atoms with Gasteiger partial charge in [0.1, 0.15) is 17.5 Å². The predicted molar refractivity (Wildman–Crippen MR) is 112 cm³/mol. The molecule has 1 amide bonds. The zero-order valence-corrected chi connectivity index (χ0v) is 16.5. The maximum atomic E-state index is 12.7. The van der Waals surface area contributed by atoms with Crippen molar-refractivity contribution in [1.29, 1.82) is 0 Å². The lowest BCUT2D eigenvalue weighted by molar-refractivity contribution is -0.128. The Bertz CT molecular complexity index is 1300. The van der Waals surface area contributed by atoms with Gasteiger partial charge in [0.15, 0.2) is 5.82 Å². The number of amides is 1. The van der Waals surface area contributed by atoms with Gasteiger partial charge in [-0.2, -0.15) is 0 Å². The molecule has 1 fully saturated rings. The van der Waals surface area contributed by atoms with Crippen molar-refractivity contribution in [2.45, 2.75) is 19.4 Å². The Hall–Kier alpha value is -3.26. The summed E-state index contributed by atoms with van der Waals surface area (Å²) in [6, 6.07) is 9.24. The number of hydrogen-bond donors (Lipinski definition) is 1. The van der Waals surface area contributed by atoms with Crippen LogP contribution in [0.1, 0.15) is 13.3 Å². The first-order chi connectivity index (χ1) is 14.1. The van der Waals surface area contributed by atoms with Crippen LogP contribution in [0.3, 0.4) is 0 Å². The number of hydrogen-bond acceptors (Lipinski definition) is 6. The summed E-state index contributed by atoms with van der Waals surface area (Å²) in [5.74, 6) is 1.10. The van der Waals surface area contributed by atoms with E-state index in [2.05, 4.69) is 15.0 Å². The first kappa shape index (κ1) is 17.8. The summed E-state index contributed by atoms with van der Waals surface area (Å²) >= 11 is 1.62. The fourth-order valence-corrected chi connectivity index (χ4v) is 4.35. The van der Waals surface area contributed by atoms with Gasteiger partial charge in [-0.25, -0.2) is 4.98 Å².